The number of rotatable bonds is 6. The first-order chi connectivity index (χ1) is 11.8. The standard InChI is InChI=1S/C21H23N3/c22-11-16-5-4-6-17(9-16)13-24-14-18(15-24)12-23-21-10-20(21)19-7-2-1-3-8-19/h1-9,18,20-21,23H,10,12-15H2/t20-,21+/m0/s1. The lowest BCUT2D eigenvalue weighted by Crippen LogP contribution is -2.50. The van der Waals surface area contributed by atoms with Crippen LogP contribution in [-0.4, -0.2) is 30.6 Å². The van der Waals surface area contributed by atoms with Crippen LogP contribution in [-0.2, 0) is 6.54 Å². The molecule has 3 heteroatoms. The van der Waals surface area contributed by atoms with Gasteiger partial charge in [0.2, 0.25) is 0 Å². The Balaban J connectivity index is 1.17. The van der Waals surface area contributed by atoms with Crippen molar-refractivity contribution in [2.24, 2.45) is 5.92 Å². The first-order valence-electron chi connectivity index (χ1n) is 8.81. The number of nitrogens with zero attached hydrogens (tertiary/aromatic N) is 2. The SMILES string of the molecule is N#Cc1cccc(CN2CC(CN[C@@H]3C[C@H]3c3ccccc3)C2)c1. The predicted octanol–water partition coefficient (Wildman–Crippen LogP) is 3.14. The van der Waals surface area contributed by atoms with Crippen LogP contribution in [0.5, 0.6) is 0 Å². The van der Waals surface area contributed by atoms with Crippen LogP contribution in [0.1, 0.15) is 29.0 Å². The van der Waals surface area contributed by atoms with E-state index in [1.807, 2.05) is 18.2 Å². The summed E-state index contributed by atoms with van der Waals surface area (Å²) in [4.78, 5) is 2.46. The fourth-order valence-electron chi connectivity index (χ4n) is 3.74. The highest BCUT2D eigenvalue weighted by Gasteiger charge is 2.38. The third-order valence-corrected chi connectivity index (χ3v) is 5.18. The largest absolute Gasteiger partial charge is 0.313 e. The molecule has 1 aliphatic heterocycles. The summed E-state index contributed by atoms with van der Waals surface area (Å²) in [5.41, 5.74) is 3.47. The second-order valence-corrected chi connectivity index (χ2v) is 7.14. The van der Waals surface area contributed by atoms with Gasteiger partial charge >= 0.3 is 0 Å². The van der Waals surface area contributed by atoms with Gasteiger partial charge in [-0.25, -0.2) is 0 Å². The van der Waals surface area contributed by atoms with E-state index in [2.05, 4.69) is 52.7 Å². The molecule has 3 nitrogen and oxygen atoms in total. The highest BCUT2D eigenvalue weighted by Crippen LogP contribution is 2.40. The Bertz CT molecular complexity index is 728. The molecule has 1 saturated heterocycles. The third kappa shape index (κ3) is 3.51. The van der Waals surface area contributed by atoms with E-state index >= 15 is 0 Å². The van der Waals surface area contributed by atoms with E-state index < -0.39 is 0 Å². The summed E-state index contributed by atoms with van der Waals surface area (Å²) in [5, 5.41) is 12.7. The van der Waals surface area contributed by atoms with Crippen LogP contribution in [0.25, 0.3) is 0 Å². The van der Waals surface area contributed by atoms with Crippen molar-refractivity contribution in [2.45, 2.75) is 24.9 Å². The summed E-state index contributed by atoms with van der Waals surface area (Å²) < 4.78 is 0. The number of nitrogens with one attached hydrogen (secondary N) is 1. The molecular weight excluding hydrogens is 294 g/mol. The van der Waals surface area contributed by atoms with Gasteiger partial charge in [-0.15, -0.1) is 0 Å². The van der Waals surface area contributed by atoms with Crippen molar-refractivity contribution in [3.05, 3.63) is 71.3 Å². The van der Waals surface area contributed by atoms with Gasteiger partial charge in [0.05, 0.1) is 11.6 Å². The zero-order valence-corrected chi connectivity index (χ0v) is 13.9. The molecule has 0 amide bonds. The molecule has 4 rings (SSSR count). The molecular formula is C21H23N3. The van der Waals surface area contributed by atoms with Crippen molar-refractivity contribution in [1.82, 2.24) is 10.2 Å². The van der Waals surface area contributed by atoms with E-state index in [1.54, 1.807) is 0 Å². The van der Waals surface area contributed by atoms with Gasteiger partial charge in [0.25, 0.3) is 0 Å². The molecule has 0 aromatic heterocycles. The summed E-state index contributed by atoms with van der Waals surface area (Å²) in [6.07, 6.45) is 1.28. The van der Waals surface area contributed by atoms with Gasteiger partial charge in [-0.3, -0.25) is 4.90 Å². The average Bonchev–Trinajstić information content (AvgIpc) is 3.37. The minimum atomic E-state index is 0.675. The molecule has 0 radical (unpaired) electrons. The topological polar surface area (TPSA) is 39.1 Å². The highest BCUT2D eigenvalue weighted by molar-refractivity contribution is 5.32. The summed E-state index contributed by atoms with van der Waals surface area (Å²) >= 11 is 0. The molecule has 2 aromatic carbocycles. The van der Waals surface area contributed by atoms with Crippen LogP contribution in [0.15, 0.2) is 54.6 Å². The van der Waals surface area contributed by atoms with Crippen molar-refractivity contribution in [3.8, 4) is 6.07 Å². The monoisotopic (exact) mass is 317 g/mol. The second kappa shape index (κ2) is 6.76. The quantitative estimate of drug-likeness (QED) is 0.889. The van der Waals surface area contributed by atoms with Crippen molar-refractivity contribution < 1.29 is 0 Å². The van der Waals surface area contributed by atoms with E-state index in [4.69, 9.17) is 5.26 Å². The number of likely N-dealkylation sites (tertiary alicyclic amines) is 1. The highest BCUT2D eigenvalue weighted by atomic mass is 15.2. The molecule has 0 spiro atoms. The van der Waals surface area contributed by atoms with Gasteiger partial charge in [-0.05, 0) is 35.6 Å². The molecule has 2 atom stereocenters. The molecule has 0 bridgehead atoms. The summed E-state index contributed by atoms with van der Waals surface area (Å²) in [5.74, 6) is 1.48. The Kier molecular flexibility index (Phi) is 4.34. The first-order valence-corrected chi connectivity index (χ1v) is 8.81. The molecule has 1 aliphatic carbocycles. The van der Waals surface area contributed by atoms with Crippen LogP contribution < -0.4 is 5.32 Å². The molecule has 2 aliphatic rings. The Labute approximate surface area is 143 Å². The van der Waals surface area contributed by atoms with E-state index in [1.165, 1.54) is 17.5 Å². The number of hydrogen-bond acceptors (Lipinski definition) is 3. The summed E-state index contributed by atoms with van der Waals surface area (Å²) in [7, 11) is 0. The molecule has 1 N–H and O–H groups in total. The van der Waals surface area contributed by atoms with Crippen LogP contribution >= 0.6 is 0 Å². The van der Waals surface area contributed by atoms with Gasteiger partial charge in [-0.2, -0.15) is 5.26 Å². The van der Waals surface area contributed by atoms with Gasteiger partial charge in [0.1, 0.15) is 0 Å². The van der Waals surface area contributed by atoms with Crippen LogP contribution in [0, 0.1) is 17.2 Å². The summed E-state index contributed by atoms with van der Waals surface area (Å²) in [6, 6.07) is 21.7. The zero-order valence-electron chi connectivity index (χ0n) is 13.9. The van der Waals surface area contributed by atoms with Crippen LogP contribution in [0.4, 0.5) is 0 Å². The lowest BCUT2D eigenvalue weighted by Gasteiger charge is -2.39. The van der Waals surface area contributed by atoms with Crippen molar-refractivity contribution in [1.29, 1.82) is 5.26 Å². The minimum Gasteiger partial charge on any atom is -0.313 e. The molecule has 1 heterocycles. The maximum atomic E-state index is 8.97. The normalized spacial score (nSPS) is 23.5. The Hall–Kier alpha value is -2.15. The molecule has 24 heavy (non-hydrogen) atoms. The molecule has 2 aromatic rings. The number of nitriles is 1. The van der Waals surface area contributed by atoms with E-state index in [0.717, 1.165) is 43.6 Å². The lowest BCUT2D eigenvalue weighted by atomic mass is 9.98. The van der Waals surface area contributed by atoms with Gasteiger partial charge in [0.15, 0.2) is 0 Å². The Morgan fingerprint density at radius 1 is 1.08 bits per heavy atom. The Morgan fingerprint density at radius 3 is 2.71 bits per heavy atom. The molecule has 122 valence electrons. The maximum absolute atomic E-state index is 8.97. The summed E-state index contributed by atoms with van der Waals surface area (Å²) in [6.45, 7) is 4.41. The first kappa shape index (κ1) is 15.4. The van der Waals surface area contributed by atoms with Crippen molar-refractivity contribution >= 4 is 0 Å². The average molecular weight is 317 g/mol. The fraction of sp³-hybridized carbons (Fsp3) is 0.381. The second-order valence-electron chi connectivity index (χ2n) is 7.14. The lowest BCUT2D eigenvalue weighted by molar-refractivity contribution is 0.0914. The number of hydrogen-bond donors (Lipinski definition) is 1. The van der Waals surface area contributed by atoms with Crippen molar-refractivity contribution in [3.63, 3.8) is 0 Å². The van der Waals surface area contributed by atoms with Crippen LogP contribution in [0.3, 0.4) is 0 Å². The third-order valence-electron chi connectivity index (χ3n) is 5.18. The molecule has 1 saturated carbocycles. The maximum Gasteiger partial charge on any atom is 0.0991 e. The number of benzene rings is 2. The Morgan fingerprint density at radius 2 is 1.92 bits per heavy atom. The van der Waals surface area contributed by atoms with Crippen LogP contribution in [0.2, 0.25) is 0 Å². The predicted molar refractivity (Wildman–Crippen MR) is 95.5 cm³/mol. The molecule has 2 fully saturated rings. The minimum absolute atomic E-state index is 0.675. The van der Waals surface area contributed by atoms with E-state index in [0.29, 0.717) is 6.04 Å². The van der Waals surface area contributed by atoms with Gasteiger partial charge in [-0.1, -0.05) is 42.5 Å². The smallest absolute Gasteiger partial charge is 0.0991 e. The molecule has 0 unspecified atom stereocenters. The fourth-order valence-corrected chi connectivity index (χ4v) is 3.74. The van der Waals surface area contributed by atoms with E-state index in [9.17, 15) is 0 Å². The zero-order chi connectivity index (χ0) is 16.4. The van der Waals surface area contributed by atoms with Crippen molar-refractivity contribution in [2.75, 3.05) is 19.6 Å². The van der Waals surface area contributed by atoms with Gasteiger partial charge in [0, 0.05) is 38.1 Å². The van der Waals surface area contributed by atoms with Gasteiger partial charge < -0.3 is 5.32 Å². The van der Waals surface area contributed by atoms with E-state index in [-0.39, 0.29) is 0 Å².